The van der Waals surface area contributed by atoms with Crippen molar-refractivity contribution in [1.29, 1.82) is 0 Å². The molecular formula is C10H12N2O3. The van der Waals surface area contributed by atoms with Gasteiger partial charge in [-0.1, -0.05) is 0 Å². The maximum absolute atomic E-state index is 11.2. The molecule has 80 valence electrons. The second-order valence-corrected chi connectivity index (χ2v) is 3.34. The fourth-order valence-corrected chi connectivity index (χ4v) is 1.55. The molecular weight excluding hydrogens is 196 g/mol. The maximum atomic E-state index is 11.2. The molecule has 0 atom stereocenters. The third kappa shape index (κ3) is 1.83. The zero-order chi connectivity index (χ0) is 10.8. The molecule has 15 heavy (non-hydrogen) atoms. The lowest BCUT2D eigenvalue weighted by Crippen LogP contribution is -2.17. The molecule has 5 heteroatoms. The van der Waals surface area contributed by atoms with Crippen LogP contribution < -0.4 is 4.74 Å². The summed E-state index contributed by atoms with van der Waals surface area (Å²) in [6.07, 6.45) is 0.733. The molecule has 2 heterocycles. The van der Waals surface area contributed by atoms with Gasteiger partial charge >= 0.3 is 0 Å². The van der Waals surface area contributed by atoms with Crippen LogP contribution >= 0.6 is 0 Å². The number of aromatic nitrogens is 2. The molecule has 1 aliphatic rings. The van der Waals surface area contributed by atoms with Crippen LogP contribution in [0.3, 0.4) is 0 Å². The third-order valence-electron chi connectivity index (χ3n) is 2.30. The summed E-state index contributed by atoms with van der Waals surface area (Å²) in [5, 5.41) is 0. The summed E-state index contributed by atoms with van der Waals surface area (Å²) >= 11 is 0. The molecule has 0 radical (unpaired) electrons. The molecule has 0 unspecified atom stereocenters. The Morgan fingerprint density at radius 2 is 2.27 bits per heavy atom. The highest BCUT2D eigenvalue weighted by Crippen LogP contribution is 2.23. The van der Waals surface area contributed by atoms with Crippen LogP contribution in [0.2, 0.25) is 0 Å². The van der Waals surface area contributed by atoms with E-state index >= 15 is 0 Å². The molecule has 0 fully saturated rings. The van der Waals surface area contributed by atoms with Crippen molar-refractivity contribution in [3.05, 3.63) is 17.1 Å². The predicted octanol–water partition coefficient (Wildman–Crippen LogP) is 0.760. The summed E-state index contributed by atoms with van der Waals surface area (Å²) in [6.45, 7) is 2.51. The molecule has 0 spiro atoms. The number of ether oxygens (including phenoxy) is 2. The highest BCUT2D eigenvalue weighted by Gasteiger charge is 2.19. The molecule has 0 amide bonds. The van der Waals surface area contributed by atoms with Gasteiger partial charge in [0.2, 0.25) is 5.88 Å². The second-order valence-electron chi connectivity index (χ2n) is 3.34. The van der Waals surface area contributed by atoms with Gasteiger partial charge in [-0.25, -0.2) is 4.98 Å². The average Bonchev–Trinajstić information content (AvgIpc) is 2.27. The normalized spacial score (nSPS) is 14.5. The van der Waals surface area contributed by atoms with E-state index in [1.807, 2.05) is 0 Å². The lowest BCUT2D eigenvalue weighted by atomic mass is 10.1. The van der Waals surface area contributed by atoms with Crippen molar-refractivity contribution < 1.29 is 14.3 Å². The first-order chi connectivity index (χ1) is 7.22. The molecule has 0 saturated heterocycles. The molecule has 0 bridgehead atoms. The van der Waals surface area contributed by atoms with Gasteiger partial charge in [0.05, 0.1) is 26.0 Å². The van der Waals surface area contributed by atoms with Crippen LogP contribution in [0.15, 0.2) is 0 Å². The van der Waals surface area contributed by atoms with Crippen LogP contribution in [0, 0.1) is 0 Å². The van der Waals surface area contributed by atoms with Gasteiger partial charge in [0.25, 0.3) is 0 Å². The molecule has 1 aromatic heterocycles. The van der Waals surface area contributed by atoms with Crippen LogP contribution in [-0.4, -0.2) is 29.5 Å². The van der Waals surface area contributed by atoms with Gasteiger partial charge in [0, 0.05) is 18.9 Å². The molecule has 1 aromatic rings. The largest absolute Gasteiger partial charge is 0.481 e. The summed E-state index contributed by atoms with van der Waals surface area (Å²) in [5.41, 5.74) is 1.71. The van der Waals surface area contributed by atoms with Crippen LogP contribution in [0.4, 0.5) is 0 Å². The molecule has 0 saturated carbocycles. The first-order valence-corrected chi connectivity index (χ1v) is 4.75. The van der Waals surface area contributed by atoms with Gasteiger partial charge < -0.3 is 9.47 Å². The minimum atomic E-state index is -0.165. The van der Waals surface area contributed by atoms with Crippen LogP contribution in [0.25, 0.3) is 0 Å². The summed E-state index contributed by atoms with van der Waals surface area (Å²) in [4.78, 5) is 19.4. The van der Waals surface area contributed by atoms with E-state index in [2.05, 4.69) is 9.97 Å². The zero-order valence-corrected chi connectivity index (χ0v) is 8.74. The third-order valence-corrected chi connectivity index (χ3v) is 2.30. The molecule has 2 rings (SSSR count). The monoisotopic (exact) mass is 208 g/mol. The molecule has 0 aliphatic carbocycles. The smallest absolute Gasteiger partial charge is 0.220 e. The number of hydrogen-bond acceptors (Lipinski definition) is 5. The van der Waals surface area contributed by atoms with Crippen molar-refractivity contribution in [2.75, 3.05) is 13.7 Å². The molecule has 5 nitrogen and oxygen atoms in total. The highest BCUT2D eigenvalue weighted by atomic mass is 16.5. The Hall–Kier alpha value is -1.49. The van der Waals surface area contributed by atoms with E-state index < -0.39 is 0 Å². The van der Waals surface area contributed by atoms with Gasteiger partial charge in [0.15, 0.2) is 11.6 Å². The summed E-state index contributed by atoms with van der Waals surface area (Å²) in [7, 11) is 1.54. The fourth-order valence-electron chi connectivity index (χ4n) is 1.55. The maximum Gasteiger partial charge on any atom is 0.220 e. The number of hydrogen-bond donors (Lipinski definition) is 0. The number of carbonyl (C=O) groups excluding carboxylic acids is 1. The van der Waals surface area contributed by atoms with Crippen molar-refractivity contribution in [1.82, 2.24) is 9.97 Å². The minimum absolute atomic E-state index is 0.165. The first-order valence-electron chi connectivity index (χ1n) is 4.75. The number of carbonyl (C=O) groups is 1. The van der Waals surface area contributed by atoms with E-state index in [-0.39, 0.29) is 11.6 Å². The van der Waals surface area contributed by atoms with Gasteiger partial charge in [-0.2, -0.15) is 4.98 Å². The number of methoxy groups -OCH3 is 1. The van der Waals surface area contributed by atoms with E-state index in [1.54, 1.807) is 7.11 Å². The summed E-state index contributed by atoms with van der Waals surface area (Å²) < 4.78 is 10.4. The van der Waals surface area contributed by atoms with Crippen molar-refractivity contribution in [3.8, 4) is 5.88 Å². The number of ketones is 1. The van der Waals surface area contributed by atoms with Crippen molar-refractivity contribution >= 4 is 5.78 Å². The highest BCUT2D eigenvalue weighted by molar-refractivity contribution is 5.90. The SMILES string of the molecule is COc1nc(C(C)=O)nc2c1CCOC2. The van der Waals surface area contributed by atoms with Gasteiger partial charge in [-0.3, -0.25) is 4.79 Å². The quantitative estimate of drug-likeness (QED) is 0.671. The zero-order valence-electron chi connectivity index (χ0n) is 8.74. The Bertz CT molecular complexity index is 387. The van der Waals surface area contributed by atoms with Crippen LogP contribution in [0.5, 0.6) is 5.88 Å². The molecule has 0 N–H and O–H groups in total. The Labute approximate surface area is 87.4 Å². The number of fused-ring (bicyclic) bond motifs is 1. The number of nitrogens with zero attached hydrogens (tertiary/aromatic N) is 2. The van der Waals surface area contributed by atoms with Crippen LogP contribution in [0.1, 0.15) is 28.8 Å². The fraction of sp³-hybridized carbons (Fsp3) is 0.500. The van der Waals surface area contributed by atoms with Crippen molar-refractivity contribution in [3.63, 3.8) is 0 Å². The molecule has 1 aliphatic heterocycles. The Morgan fingerprint density at radius 1 is 1.47 bits per heavy atom. The van der Waals surface area contributed by atoms with E-state index in [0.717, 1.165) is 17.7 Å². The Morgan fingerprint density at radius 3 is 2.93 bits per heavy atom. The van der Waals surface area contributed by atoms with E-state index in [9.17, 15) is 4.79 Å². The van der Waals surface area contributed by atoms with Gasteiger partial charge in [-0.15, -0.1) is 0 Å². The second kappa shape index (κ2) is 3.94. The summed E-state index contributed by atoms with van der Waals surface area (Å²) in [5.74, 6) is 0.520. The van der Waals surface area contributed by atoms with Gasteiger partial charge in [-0.05, 0) is 0 Å². The van der Waals surface area contributed by atoms with E-state index in [0.29, 0.717) is 19.1 Å². The molecule has 0 aromatic carbocycles. The Kier molecular flexibility index (Phi) is 2.64. The van der Waals surface area contributed by atoms with Gasteiger partial charge in [0.1, 0.15) is 0 Å². The number of Topliss-reactive ketones (excluding diaryl/α,β-unsaturated/α-hetero) is 1. The topological polar surface area (TPSA) is 61.3 Å². The van der Waals surface area contributed by atoms with Crippen molar-refractivity contribution in [2.24, 2.45) is 0 Å². The van der Waals surface area contributed by atoms with E-state index in [1.165, 1.54) is 6.92 Å². The lowest BCUT2D eigenvalue weighted by Gasteiger charge is -2.17. The van der Waals surface area contributed by atoms with Crippen LogP contribution in [-0.2, 0) is 17.8 Å². The first kappa shape index (κ1) is 10.0. The minimum Gasteiger partial charge on any atom is -0.481 e. The average molecular weight is 208 g/mol. The lowest BCUT2D eigenvalue weighted by molar-refractivity contribution is 0.0982. The van der Waals surface area contributed by atoms with Crippen molar-refractivity contribution in [2.45, 2.75) is 20.0 Å². The number of rotatable bonds is 2. The summed E-state index contributed by atoms with van der Waals surface area (Å²) in [6, 6.07) is 0. The van der Waals surface area contributed by atoms with E-state index in [4.69, 9.17) is 9.47 Å². The Balaban J connectivity index is 2.52. The predicted molar refractivity (Wildman–Crippen MR) is 51.9 cm³/mol. The standard InChI is InChI=1S/C10H12N2O3/c1-6(13)9-11-8-5-15-4-3-7(8)10(12-9)14-2/h3-5H2,1-2H3.